The van der Waals surface area contributed by atoms with E-state index in [1.165, 1.54) is 6.92 Å². The van der Waals surface area contributed by atoms with Gasteiger partial charge in [0, 0.05) is 16.8 Å². The highest BCUT2D eigenvalue weighted by Crippen LogP contribution is 2.41. The van der Waals surface area contributed by atoms with Gasteiger partial charge in [0.2, 0.25) is 5.78 Å². The van der Waals surface area contributed by atoms with Crippen LogP contribution in [0.2, 0.25) is 0 Å². The number of benzene rings is 1. The number of fused-ring (bicyclic) bond motifs is 2. The van der Waals surface area contributed by atoms with Crippen molar-refractivity contribution in [3.63, 3.8) is 0 Å². The van der Waals surface area contributed by atoms with Gasteiger partial charge in [-0.2, -0.15) is 5.26 Å². The Hall–Kier alpha value is -3.20. The number of nitrogens with zero attached hydrogens (tertiary/aromatic N) is 2. The van der Waals surface area contributed by atoms with Crippen LogP contribution in [0, 0.1) is 22.7 Å². The van der Waals surface area contributed by atoms with E-state index in [4.69, 9.17) is 20.7 Å². The van der Waals surface area contributed by atoms with Gasteiger partial charge in [-0.05, 0) is 49.1 Å². The third-order valence-electron chi connectivity index (χ3n) is 6.60. The van der Waals surface area contributed by atoms with Crippen LogP contribution in [0.25, 0.3) is 10.9 Å². The van der Waals surface area contributed by atoms with Crippen LogP contribution in [0.1, 0.15) is 62.2 Å². The summed E-state index contributed by atoms with van der Waals surface area (Å²) in [5.74, 6) is -0.743. The summed E-state index contributed by atoms with van der Waals surface area (Å²) in [6, 6.07) is 9.27. The smallest absolute Gasteiger partial charge is 0.339 e. The molecule has 0 radical (unpaired) electrons. The van der Waals surface area contributed by atoms with E-state index in [1.54, 1.807) is 6.07 Å². The summed E-state index contributed by atoms with van der Waals surface area (Å²) < 4.78 is 5.39. The number of aryl methyl sites for hydroxylation is 1. The Labute approximate surface area is 183 Å². The molecular weight excluding hydrogens is 390 g/mol. The van der Waals surface area contributed by atoms with Crippen molar-refractivity contribution in [1.29, 1.82) is 5.26 Å². The van der Waals surface area contributed by atoms with Crippen molar-refractivity contribution < 1.29 is 14.3 Å². The number of hydrogen-bond acceptors (Lipinski definition) is 6. The van der Waals surface area contributed by atoms with Gasteiger partial charge in [-0.1, -0.05) is 45.4 Å². The number of allylic oxidation sites excluding steroid dienone is 1. The first-order chi connectivity index (χ1) is 14.7. The Balaban J connectivity index is 2.00. The minimum atomic E-state index is -0.604. The van der Waals surface area contributed by atoms with Gasteiger partial charge in [0.15, 0.2) is 6.61 Å². The number of aromatic nitrogens is 1. The van der Waals surface area contributed by atoms with E-state index in [-0.39, 0.29) is 16.7 Å². The molecule has 0 fully saturated rings. The molecule has 3 rings (SSSR count). The molecule has 2 N–H and O–H groups in total. The molecule has 2 aromatic rings. The van der Waals surface area contributed by atoms with Crippen LogP contribution in [0.5, 0.6) is 0 Å². The van der Waals surface area contributed by atoms with Crippen molar-refractivity contribution in [1.82, 2.24) is 4.98 Å². The van der Waals surface area contributed by atoms with Gasteiger partial charge in [-0.15, -0.1) is 0 Å². The fourth-order valence-electron chi connectivity index (χ4n) is 4.22. The molecule has 1 aromatic carbocycles. The lowest BCUT2D eigenvalue weighted by molar-refractivity contribution is -0.118. The number of hydrogen-bond donors (Lipinski definition) is 1. The van der Waals surface area contributed by atoms with Crippen LogP contribution in [0.3, 0.4) is 0 Å². The average Bonchev–Trinajstić information content (AvgIpc) is 2.75. The minimum Gasteiger partial charge on any atom is -0.454 e. The van der Waals surface area contributed by atoms with Gasteiger partial charge in [-0.3, -0.25) is 9.78 Å². The monoisotopic (exact) mass is 419 g/mol. The molecule has 1 aliphatic rings. The largest absolute Gasteiger partial charge is 0.454 e. The van der Waals surface area contributed by atoms with E-state index in [2.05, 4.69) is 20.8 Å². The predicted octanol–water partition coefficient (Wildman–Crippen LogP) is 4.26. The van der Waals surface area contributed by atoms with Crippen molar-refractivity contribution >= 4 is 22.7 Å². The molecule has 162 valence electrons. The van der Waals surface area contributed by atoms with Crippen LogP contribution in [0.15, 0.2) is 35.5 Å². The van der Waals surface area contributed by atoms with E-state index in [0.29, 0.717) is 11.5 Å². The summed E-state index contributed by atoms with van der Waals surface area (Å²) in [4.78, 5) is 30.3. The molecule has 1 aliphatic carbocycles. The minimum absolute atomic E-state index is 0.111. The molecule has 1 aromatic heterocycles. The van der Waals surface area contributed by atoms with Crippen molar-refractivity contribution in [2.75, 3.05) is 6.61 Å². The zero-order valence-corrected chi connectivity index (χ0v) is 18.6. The summed E-state index contributed by atoms with van der Waals surface area (Å²) in [6.07, 6.45) is 3.63. The number of rotatable bonds is 6. The molecule has 0 spiro atoms. The van der Waals surface area contributed by atoms with Crippen LogP contribution >= 0.6 is 0 Å². The summed E-state index contributed by atoms with van der Waals surface area (Å²) in [7, 11) is 0. The zero-order valence-electron chi connectivity index (χ0n) is 18.6. The van der Waals surface area contributed by atoms with E-state index in [9.17, 15) is 9.59 Å². The Morgan fingerprint density at radius 2 is 2.03 bits per heavy atom. The number of Topliss-reactive ketones (excluding diaryl/α,β-unsaturated/α-hetero) is 1. The lowest BCUT2D eigenvalue weighted by Gasteiger charge is -2.37. The maximum atomic E-state index is 13.2. The highest BCUT2D eigenvalue weighted by molar-refractivity contribution is 6.07. The summed E-state index contributed by atoms with van der Waals surface area (Å²) in [6.45, 7) is 7.66. The van der Waals surface area contributed by atoms with Crippen molar-refractivity contribution in [2.24, 2.45) is 17.1 Å². The molecule has 0 aliphatic heterocycles. The number of pyridine rings is 1. The Bertz CT molecular complexity index is 1100. The SMILES string of the molecule is CCC(C)(C)C1CCc2nc3ccccc3c(C(=O)OCC(=O)/C(C#N)=C(\C)N)c2C1. The first kappa shape index (κ1) is 22.5. The molecule has 31 heavy (non-hydrogen) atoms. The summed E-state index contributed by atoms with van der Waals surface area (Å²) in [5.41, 5.74) is 8.73. The number of ketones is 1. The van der Waals surface area contributed by atoms with Gasteiger partial charge < -0.3 is 10.5 Å². The molecule has 1 atom stereocenters. The van der Waals surface area contributed by atoms with Crippen LogP contribution in [-0.2, 0) is 22.4 Å². The molecule has 0 bridgehead atoms. The van der Waals surface area contributed by atoms with Crippen LogP contribution in [0.4, 0.5) is 0 Å². The average molecular weight is 420 g/mol. The molecule has 6 heteroatoms. The topological polar surface area (TPSA) is 106 Å². The second-order valence-corrected chi connectivity index (χ2v) is 8.88. The van der Waals surface area contributed by atoms with Crippen LogP contribution < -0.4 is 5.73 Å². The quantitative estimate of drug-likeness (QED) is 0.426. The lowest BCUT2D eigenvalue weighted by Crippen LogP contribution is -2.31. The van der Waals surface area contributed by atoms with E-state index in [0.717, 1.165) is 47.8 Å². The predicted molar refractivity (Wildman–Crippen MR) is 119 cm³/mol. The normalized spacial score (nSPS) is 16.8. The number of esters is 1. The highest BCUT2D eigenvalue weighted by atomic mass is 16.5. The zero-order chi connectivity index (χ0) is 22.8. The molecular formula is C25H29N3O3. The molecule has 1 heterocycles. The van der Waals surface area contributed by atoms with Crippen molar-refractivity contribution in [3.05, 3.63) is 52.4 Å². The Morgan fingerprint density at radius 1 is 1.32 bits per heavy atom. The third-order valence-corrected chi connectivity index (χ3v) is 6.60. The fraction of sp³-hybridized carbons (Fsp3) is 0.440. The first-order valence-electron chi connectivity index (χ1n) is 10.7. The van der Waals surface area contributed by atoms with Gasteiger partial charge in [0.25, 0.3) is 0 Å². The van der Waals surface area contributed by atoms with Gasteiger partial charge in [-0.25, -0.2) is 4.79 Å². The van der Waals surface area contributed by atoms with Crippen LogP contribution in [-0.4, -0.2) is 23.3 Å². The molecule has 6 nitrogen and oxygen atoms in total. The number of nitriles is 1. The van der Waals surface area contributed by atoms with Crippen molar-refractivity contribution in [3.8, 4) is 6.07 Å². The van der Waals surface area contributed by atoms with E-state index in [1.807, 2.05) is 24.3 Å². The van der Waals surface area contributed by atoms with Gasteiger partial charge in [0.05, 0.1) is 11.1 Å². The second-order valence-electron chi connectivity index (χ2n) is 8.88. The number of para-hydroxylation sites is 1. The molecule has 0 saturated heterocycles. The summed E-state index contributed by atoms with van der Waals surface area (Å²) in [5, 5.41) is 9.84. The highest BCUT2D eigenvalue weighted by Gasteiger charge is 2.34. The standard InChI is InChI=1S/C25H29N3O3/c1-5-25(3,4)16-10-11-21-18(12-16)23(17-8-6-7-9-20(17)28-21)24(30)31-14-22(29)19(13-26)15(2)27/h6-9,16H,5,10-12,14,27H2,1-4H3/b19-15+. The lowest BCUT2D eigenvalue weighted by atomic mass is 9.68. The first-order valence-corrected chi connectivity index (χ1v) is 10.7. The number of carbonyl (C=O) groups is 2. The maximum Gasteiger partial charge on any atom is 0.339 e. The summed E-state index contributed by atoms with van der Waals surface area (Å²) >= 11 is 0. The molecule has 0 amide bonds. The second kappa shape index (κ2) is 8.89. The van der Waals surface area contributed by atoms with Gasteiger partial charge in [0.1, 0.15) is 11.6 Å². The van der Waals surface area contributed by atoms with E-state index >= 15 is 0 Å². The number of nitrogens with two attached hydrogens (primary N) is 1. The number of ether oxygens (including phenoxy) is 1. The van der Waals surface area contributed by atoms with Gasteiger partial charge >= 0.3 is 5.97 Å². The fourth-order valence-corrected chi connectivity index (χ4v) is 4.22. The Kier molecular flexibility index (Phi) is 6.45. The van der Waals surface area contributed by atoms with Crippen molar-refractivity contribution in [2.45, 2.75) is 53.4 Å². The molecule has 1 unspecified atom stereocenters. The maximum absolute atomic E-state index is 13.2. The van der Waals surface area contributed by atoms with E-state index < -0.39 is 18.4 Å². The third kappa shape index (κ3) is 4.46. The number of carbonyl (C=O) groups excluding carboxylic acids is 2. The Morgan fingerprint density at radius 3 is 2.68 bits per heavy atom. The molecule has 0 saturated carbocycles.